The van der Waals surface area contributed by atoms with E-state index in [1.807, 2.05) is 24.4 Å². The standard InChI is InChI=1S/C18H20N2O4S2/c1-3-7-24-18(23)15-11(4-2)10-26-17-14(16(22)20(15)17)19-13(21)9-12-6-5-8-25-12/h3,5-6,8,14,17H,1,4,7,9-10H2,2H3,(H,19,21). The zero-order valence-electron chi connectivity index (χ0n) is 14.4. The molecule has 1 fully saturated rings. The van der Waals surface area contributed by atoms with Gasteiger partial charge in [-0.15, -0.1) is 23.1 Å². The highest BCUT2D eigenvalue weighted by Gasteiger charge is 2.54. The molecule has 1 aromatic heterocycles. The first kappa shape index (κ1) is 18.7. The van der Waals surface area contributed by atoms with Crippen LogP contribution in [0.1, 0.15) is 18.2 Å². The number of amides is 2. The second-order valence-corrected chi connectivity index (χ2v) is 8.04. The van der Waals surface area contributed by atoms with Gasteiger partial charge >= 0.3 is 5.97 Å². The molecule has 138 valence electrons. The number of rotatable bonds is 7. The van der Waals surface area contributed by atoms with Crippen molar-refractivity contribution < 1.29 is 19.1 Å². The molecule has 0 aliphatic carbocycles. The van der Waals surface area contributed by atoms with Gasteiger partial charge in [-0.05, 0) is 23.4 Å². The van der Waals surface area contributed by atoms with Crippen LogP contribution in [0, 0.1) is 0 Å². The SMILES string of the molecule is C=CCOC(=O)C1=C(CC)CSC2C(NC(=O)Cc3cccs3)C(=O)N12. The Morgan fingerprint density at radius 3 is 2.96 bits per heavy atom. The van der Waals surface area contributed by atoms with Gasteiger partial charge in [-0.3, -0.25) is 14.5 Å². The van der Waals surface area contributed by atoms with Crippen molar-refractivity contribution in [2.45, 2.75) is 31.2 Å². The smallest absolute Gasteiger partial charge is 0.355 e. The number of ether oxygens (including phenoxy) is 1. The van der Waals surface area contributed by atoms with Gasteiger partial charge in [0.15, 0.2) is 0 Å². The number of β-lactam (4-membered cyclic amide) rings is 1. The molecule has 1 N–H and O–H groups in total. The summed E-state index contributed by atoms with van der Waals surface area (Å²) in [6, 6.07) is 3.17. The lowest BCUT2D eigenvalue weighted by Crippen LogP contribution is -2.70. The lowest BCUT2D eigenvalue weighted by atomic mass is 10.0. The minimum absolute atomic E-state index is 0.0974. The number of hydrogen-bond donors (Lipinski definition) is 1. The molecule has 6 nitrogen and oxygen atoms in total. The molecule has 26 heavy (non-hydrogen) atoms. The topological polar surface area (TPSA) is 75.7 Å². The summed E-state index contributed by atoms with van der Waals surface area (Å²) in [7, 11) is 0. The molecule has 0 saturated carbocycles. The second kappa shape index (κ2) is 8.09. The quantitative estimate of drug-likeness (QED) is 0.437. The van der Waals surface area contributed by atoms with Crippen LogP contribution in [0.3, 0.4) is 0 Å². The summed E-state index contributed by atoms with van der Waals surface area (Å²) >= 11 is 3.06. The summed E-state index contributed by atoms with van der Waals surface area (Å²) in [5.74, 6) is -0.324. The number of fused-ring (bicyclic) bond motifs is 1. The number of nitrogens with one attached hydrogen (secondary N) is 1. The molecule has 0 radical (unpaired) electrons. The fourth-order valence-corrected chi connectivity index (χ4v) is 5.09. The van der Waals surface area contributed by atoms with Crippen molar-refractivity contribution >= 4 is 40.9 Å². The highest BCUT2D eigenvalue weighted by atomic mass is 32.2. The van der Waals surface area contributed by atoms with Crippen molar-refractivity contribution in [2.75, 3.05) is 12.4 Å². The fourth-order valence-electron chi connectivity index (χ4n) is 2.94. The zero-order valence-corrected chi connectivity index (χ0v) is 16.0. The van der Waals surface area contributed by atoms with Gasteiger partial charge in [-0.25, -0.2) is 4.79 Å². The normalized spacial score (nSPS) is 21.7. The van der Waals surface area contributed by atoms with E-state index >= 15 is 0 Å². The minimum Gasteiger partial charge on any atom is -0.457 e. The highest BCUT2D eigenvalue weighted by molar-refractivity contribution is 8.00. The summed E-state index contributed by atoms with van der Waals surface area (Å²) in [6.45, 7) is 5.57. The van der Waals surface area contributed by atoms with Crippen molar-refractivity contribution in [2.24, 2.45) is 0 Å². The number of carbonyl (C=O) groups excluding carboxylic acids is 3. The molecule has 2 unspecified atom stereocenters. The van der Waals surface area contributed by atoms with E-state index in [1.54, 1.807) is 11.8 Å². The van der Waals surface area contributed by atoms with Crippen molar-refractivity contribution in [1.82, 2.24) is 10.2 Å². The Kier molecular flexibility index (Phi) is 5.83. The lowest BCUT2D eigenvalue weighted by Gasteiger charge is -2.49. The summed E-state index contributed by atoms with van der Waals surface area (Å²) < 4.78 is 5.15. The first-order valence-electron chi connectivity index (χ1n) is 8.33. The Morgan fingerprint density at radius 1 is 1.50 bits per heavy atom. The Balaban J connectivity index is 1.69. The van der Waals surface area contributed by atoms with E-state index in [0.29, 0.717) is 17.9 Å². The van der Waals surface area contributed by atoms with Gasteiger partial charge in [0.2, 0.25) is 5.91 Å². The molecular weight excluding hydrogens is 372 g/mol. The summed E-state index contributed by atoms with van der Waals surface area (Å²) in [4.78, 5) is 39.6. The molecule has 1 aromatic rings. The molecule has 2 amide bonds. The van der Waals surface area contributed by atoms with E-state index in [-0.39, 0.29) is 30.2 Å². The molecule has 0 spiro atoms. The second-order valence-electron chi connectivity index (χ2n) is 5.90. The van der Waals surface area contributed by atoms with Crippen LogP contribution < -0.4 is 5.32 Å². The number of thiophene rings is 1. The molecule has 2 aliphatic heterocycles. The maximum Gasteiger partial charge on any atom is 0.355 e. The first-order valence-corrected chi connectivity index (χ1v) is 10.3. The van der Waals surface area contributed by atoms with Crippen LogP contribution in [0.5, 0.6) is 0 Å². The minimum atomic E-state index is -0.604. The van der Waals surface area contributed by atoms with Gasteiger partial charge in [0.25, 0.3) is 5.91 Å². The molecule has 3 rings (SSSR count). The maximum atomic E-state index is 12.6. The van der Waals surface area contributed by atoms with Crippen LogP contribution in [0.15, 0.2) is 41.4 Å². The number of esters is 1. The first-order chi connectivity index (χ1) is 12.6. The summed E-state index contributed by atoms with van der Waals surface area (Å²) in [5.41, 5.74) is 1.21. The predicted molar refractivity (Wildman–Crippen MR) is 102 cm³/mol. The zero-order chi connectivity index (χ0) is 18.7. The van der Waals surface area contributed by atoms with E-state index in [1.165, 1.54) is 22.3 Å². The molecule has 2 aliphatic rings. The highest BCUT2D eigenvalue weighted by Crippen LogP contribution is 2.41. The van der Waals surface area contributed by atoms with Gasteiger partial charge in [0, 0.05) is 10.6 Å². The molecular formula is C18H20N2O4S2. The third-order valence-corrected chi connectivity index (χ3v) is 6.45. The molecule has 1 saturated heterocycles. The van der Waals surface area contributed by atoms with Crippen LogP contribution in [-0.4, -0.2) is 46.5 Å². The Hall–Kier alpha value is -2.06. The van der Waals surface area contributed by atoms with E-state index in [0.717, 1.165) is 10.5 Å². The number of carbonyl (C=O) groups is 3. The van der Waals surface area contributed by atoms with Crippen molar-refractivity contribution in [3.8, 4) is 0 Å². The molecule has 8 heteroatoms. The molecule has 0 bridgehead atoms. The summed E-state index contributed by atoms with van der Waals surface area (Å²) in [6.07, 6.45) is 2.41. The third kappa shape index (κ3) is 3.57. The van der Waals surface area contributed by atoms with Gasteiger partial charge in [0.1, 0.15) is 23.7 Å². The van der Waals surface area contributed by atoms with Crippen LogP contribution in [0.2, 0.25) is 0 Å². The largest absolute Gasteiger partial charge is 0.457 e. The van der Waals surface area contributed by atoms with Crippen molar-refractivity contribution in [3.63, 3.8) is 0 Å². The average molecular weight is 393 g/mol. The van der Waals surface area contributed by atoms with Crippen LogP contribution in [0.25, 0.3) is 0 Å². The Morgan fingerprint density at radius 2 is 2.31 bits per heavy atom. The van der Waals surface area contributed by atoms with Gasteiger partial charge in [0.05, 0.1) is 6.42 Å². The van der Waals surface area contributed by atoms with Gasteiger partial charge in [-0.2, -0.15) is 0 Å². The van der Waals surface area contributed by atoms with Gasteiger partial charge in [-0.1, -0.05) is 25.6 Å². The fraction of sp³-hybridized carbons (Fsp3) is 0.389. The Labute approximate surface area is 160 Å². The Bertz CT molecular complexity index is 757. The summed E-state index contributed by atoms with van der Waals surface area (Å²) in [5, 5.41) is 4.45. The predicted octanol–water partition coefficient (Wildman–Crippen LogP) is 2.08. The van der Waals surface area contributed by atoms with Crippen molar-refractivity contribution in [3.05, 3.63) is 46.3 Å². The molecule has 2 atom stereocenters. The third-order valence-electron chi connectivity index (χ3n) is 4.23. The number of nitrogens with zero attached hydrogens (tertiary/aromatic N) is 1. The van der Waals surface area contributed by atoms with E-state index in [9.17, 15) is 14.4 Å². The van der Waals surface area contributed by atoms with Crippen molar-refractivity contribution in [1.29, 1.82) is 0 Å². The molecule has 0 aromatic carbocycles. The molecule has 3 heterocycles. The lowest BCUT2D eigenvalue weighted by molar-refractivity contribution is -0.152. The van der Waals surface area contributed by atoms with E-state index < -0.39 is 12.0 Å². The number of hydrogen-bond acceptors (Lipinski definition) is 6. The number of thioether (sulfide) groups is 1. The monoisotopic (exact) mass is 392 g/mol. The van der Waals surface area contributed by atoms with Crippen LogP contribution in [0.4, 0.5) is 0 Å². The van der Waals surface area contributed by atoms with Crippen LogP contribution >= 0.6 is 23.1 Å². The van der Waals surface area contributed by atoms with E-state index in [2.05, 4.69) is 11.9 Å². The van der Waals surface area contributed by atoms with Gasteiger partial charge < -0.3 is 10.1 Å². The average Bonchev–Trinajstić information content (AvgIpc) is 3.15. The van der Waals surface area contributed by atoms with E-state index in [4.69, 9.17) is 4.74 Å². The maximum absolute atomic E-state index is 12.6. The van der Waals surface area contributed by atoms with Crippen LogP contribution in [-0.2, 0) is 25.5 Å².